The molecule has 4 aromatic rings. The molecule has 5 nitrogen and oxygen atoms in total. The van der Waals surface area contributed by atoms with Gasteiger partial charge in [-0.2, -0.15) is 0 Å². The van der Waals surface area contributed by atoms with E-state index in [0.29, 0.717) is 27.0 Å². The van der Waals surface area contributed by atoms with Crippen molar-refractivity contribution in [2.75, 3.05) is 10.6 Å². The van der Waals surface area contributed by atoms with Crippen molar-refractivity contribution < 1.29 is 9.59 Å². The van der Waals surface area contributed by atoms with Crippen molar-refractivity contribution in [1.29, 1.82) is 0 Å². The van der Waals surface area contributed by atoms with Crippen molar-refractivity contribution >= 4 is 45.6 Å². The van der Waals surface area contributed by atoms with E-state index in [2.05, 4.69) is 15.6 Å². The molecule has 0 atom stereocenters. The zero-order chi connectivity index (χ0) is 20.9. The molecule has 0 radical (unpaired) electrons. The average Bonchev–Trinajstić information content (AvgIpc) is 3.23. The van der Waals surface area contributed by atoms with Gasteiger partial charge >= 0.3 is 0 Å². The predicted octanol–water partition coefficient (Wildman–Crippen LogP) is 5.97. The van der Waals surface area contributed by atoms with E-state index < -0.39 is 0 Å². The van der Waals surface area contributed by atoms with Gasteiger partial charge in [-0.15, -0.1) is 11.3 Å². The summed E-state index contributed by atoms with van der Waals surface area (Å²) in [7, 11) is 0. The minimum absolute atomic E-state index is 0.200. The molecule has 148 valence electrons. The van der Waals surface area contributed by atoms with Gasteiger partial charge in [0.05, 0.1) is 16.3 Å². The zero-order valence-electron chi connectivity index (χ0n) is 15.6. The third kappa shape index (κ3) is 4.56. The molecule has 1 heterocycles. The lowest BCUT2D eigenvalue weighted by molar-refractivity contribution is 0.101. The molecular formula is C23H16ClN3O2S. The summed E-state index contributed by atoms with van der Waals surface area (Å²) in [5.74, 6) is -0.470. The summed E-state index contributed by atoms with van der Waals surface area (Å²) in [4.78, 5) is 29.1. The van der Waals surface area contributed by atoms with E-state index >= 15 is 0 Å². The van der Waals surface area contributed by atoms with Gasteiger partial charge in [0, 0.05) is 22.2 Å². The first-order valence-corrected chi connectivity index (χ1v) is 10.3. The molecule has 0 spiro atoms. The summed E-state index contributed by atoms with van der Waals surface area (Å²) in [6.45, 7) is 0. The van der Waals surface area contributed by atoms with Gasteiger partial charge in [0.2, 0.25) is 0 Å². The molecule has 4 rings (SSSR count). The molecule has 2 N–H and O–H groups in total. The van der Waals surface area contributed by atoms with Gasteiger partial charge in [-0.05, 0) is 36.4 Å². The highest BCUT2D eigenvalue weighted by atomic mass is 35.5. The van der Waals surface area contributed by atoms with Crippen LogP contribution in [0.2, 0.25) is 5.02 Å². The number of hydrogen-bond donors (Lipinski definition) is 2. The second-order valence-corrected chi connectivity index (χ2v) is 7.63. The van der Waals surface area contributed by atoms with Crippen LogP contribution in [0.15, 0.2) is 84.2 Å². The second kappa shape index (κ2) is 8.90. The van der Waals surface area contributed by atoms with Gasteiger partial charge in [-0.3, -0.25) is 14.9 Å². The maximum Gasteiger partial charge on any atom is 0.257 e. The van der Waals surface area contributed by atoms with Crippen molar-refractivity contribution in [3.05, 3.63) is 100 Å². The van der Waals surface area contributed by atoms with Crippen LogP contribution < -0.4 is 10.6 Å². The Kier molecular flexibility index (Phi) is 5.88. The summed E-state index contributed by atoms with van der Waals surface area (Å²) < 4.78 is 0. The highest BCUT2D eigenvalue weighted by Crippen LogP contribution is 2.26. The molecule has 30 heavy (non-hydrogen) atoms. The quantitative estimate of drug-likeness (QED) is 0.407. The number of nitrogens with one attached hydrogen (secondary N) is 2. The molecule has 2 amide bonds. The first-order chi connectivity index (χ1) is 14.6. The fourth-order valence-corrected chi connectivity index (χ4v) is 3.73. The third-order valence-electron chi connectivity index (χ3n) is 4.32. The number of rotatable bonds is 5. The molecule has 7 heteroatoms. The molecule has 0 saturated heterocycles. The van der Waals surface area contributed by atoms with Crippen LogP contribution in [0.4, 0.5) is 10.8 Å². The molecule has 0 bridgehead atoms. The molecule has 0 fully saturated rings. The van der Waals surface area contributed by atoms with Crippen molar-refractivity contribution in [1.82, 2.24) is 4.98 Å². The van der Waals surface area contributed by atoms with Crippen LogP contribution in [0.3, 0.4) is 0 Å². The van der Waals surface area contributed by atoms with Crippen LogP contribution in [-0.2, 0) is 0 Å². The van der Waals surface area contributed by atoms with Crippen molar-refractivity contribution in [3.8, 4) is 11.3 Å². The SMILES string of the molecule is O=C(Nc1nc(-c2ccc(NC(=O)c3ccccc3Cl)cc2)cs1)c1ccccc1. The number of thiazole rings is 1. The van der Waals surface area contributed by atoms with Gasteiger partial charge in [-0.1, -0.05) is 54.1 Å². The topological polar surface area (TPSA) is 71.1 Å². The number of carbonyl (C=O) groups excluding carboxylic acids is 2. The molecule has 0 saturated carbocycles. The van der Waals surface area contributed by atoms with E-state index in [9.17, 15) is 9.59 Å². The summed E-state index contributed by atoms with van der Waals surface area (Å²) in [6.07, 6.45) is 0. The number of benzene rings is 3. The van der Waals surface area contributed by atoms with E-state index in [1.54, 1.807) is 48.5 Å². The lowest BCUT2D eigenvalue weighted by Crippen LogP contribution is -2.12. The molecule has 0 aliphatic carbocycles. The van der Waals surface area contributed by atoms with Crippen LogP contribution in [0.5, 0.6) is 0 Å². The van der Waals surface area contributed by atoms with Crippen LogP contribution >= 0.6 is 22.9 Å². The summed E-state index contributed by atoms with van der Waals surface area (Å²) >= 11 is 7.42. The fourth-order valence-electron chi connectivity index (χ4n) is 2.79. The van der Waals surface area contributed by atoms with E-state index in [1.807, 2.05) is 35.7 Å². The Morgan fingerprint density at radius 3 is 2.23 bits per heavy atom. The van der Waals surface area contributed by atoms with Crippen molar-refractivity contribution in [2.24, 2.45) is 0 Å². The predicted molar refractivity (Wildman–Crippen MR) is 121 cm³/mol. The number of hydrogen-bond acceptors (Lipinski definition) is 4. The number of amides is 2. The maximum absolute atomic E-state index is 12.4. The Hall–Kier alpha value is -3.48. The smallest absolute Gasteiger partial charge is 0.257 e. The van der Waals surface area contributed by atoms with Crippen molar-refractivity contribution in [2.45, 2.75) is 0 Å². The van der Waals surface area contributed by atoms with Crippen LogP contribution in [0, 0.1) is 0 Å². The lowest BCUT2D eigenvalue weighted by atomic mass is 10.1. The minimum atomic E-state index is -0.270. The summed E-state index contributed by atoms with van der Waals surface area (Å²) in [6, 6.07) is 23.2. The van der Waals surface area contributed by atoms with E-state index in [0.717, 1.165) is 11.3 Å². The standard InChI is InChI=1S/C23H16ClN3O2S/c24-19-9-5-4-8-18(19)22(29)25-17-12-10-15(11-13-17)20-14-30-23(26-20)27-21(28)16-6-2-1-3-7-16/h1-14H,(H,25,29)(H,26,27,28). The molecule has 0 unspecified atom stereocenters. The van der Waals surface area contributed by atoms with Gasteiger partial charge in [0.25, 0.3) is 11.8 Å². The third-order valence-corrected chi connectivity index (χ3v) is 5.40. The van der Waals surface area contributed by atoms with Gasteiger partial charge in [0.15, 0.2) is 5.13 Å². The van der Waals surface area contributed by atoms with Crippen LogP contribution in [0.25, 0.3) is 11.3 Å². The fraction of sp³-hybridized carbons (Fsp3) is 0. The molecule has 0 aliphatic heterocycles. The largest absolute Gasteiger partial charge is 0.322 e. The summed E-state index contributed by atoms with van der Waals surface area (Å²) in [5, 5.41) is 8.44. The number of anilines is 2. The molecule has 0 aliphatic rings. The summed E-state index contributed by atoms with van der Waals surface area (Å²) in [5.41, 5.74) is 3.26. The molecular weight excluding hydrogens is 418 g/mol. The highest BCUT2D eigenvalue weighted by Gasteiger charge is 2.12. The van der Waals surface area contributed by atoms with E-state index in [4.69, 9.17) is 11.6 Å². The van der Waals surface area contributed by atoms with E-state index in [-0.39, 0.29) is 11.8 Å². The number of carbonyl (C=O) groups is 2. The Morgan fingerprint density at radius 2 is 1.50 bits per heavy atom. The minimum Gasteiger partial charge on any atom is -0.322 e. The maximum atomic E-state index is 12.4. The van der Waals surface area contributed by atoms with Gasteiger partial charge in [0.1, 0.15) is 0 Å². The number of aromatic nitrogens is 1. The monoisotopic (exact) mass is 433 g/mol. The van der Waals surface area contributed by atoms with Gasteiger partial charge < -0.3 is 5.32 Å². The van der Waals surface area contributed by atoms with Gasteiger partial charge in [-0.25, -0.2) is 4.98 Å². The zero-order valence-corrected chi connectivity index (χ0v) is 17.2. The Bertz CT molecular complexity index is 1190. The lowest BCUT2D eigenvalue weighted by Gasteiger charge is -2.07. The number of nitrogens with zero attached hydrogens (tertiary/aromatic N) is 1. The molecule has 3 aromatic carbocycles. The Morgan fingerprint density at radius 1 is 0.800 bits per heavy atom. The molecule has 1 aromatic heterocycles. The first kappa shape index (κ1) is 19.8. The van der Waals surface area contributed by atoms with E-state index in [1.165, 1.54) is 11.3 Å². The number of halogens is 1. The van der Waals surface area contributed by atoms with Crippen molar-refractivity contribution in [3.63, 3.8) is 0 Å². The first-order valence-electron chi connectivity index (χ1n) is 9.08. The second-order valence-electron chi connectivity index (χ2n) is 6.37. The Labute approximate surface area is 182 Å². The average molecular weight is 434 g/mol. The van der Waals surface area contributed by atoms with Crippen LogP contribution in [-0.4, -0.2) is 16.8 Å². The van der Waals surface area contributed by atoms with Crippen LogP contribution in [0.1, 0.15) is 20.7 Å². The Balaban J connectivity index is 1.43. The highest BCUT2D eigenvalue weighted by molar-refractivity contribution is 7.14. The normalized spacial score (nSPS) is 10.4.